The lowest BCUT2D eigenvalue weighted by molar-refractivity contribution is -0.136. The molecule has 0 amide bonds. The molecule has 94 valence electrons. The van der Waals surface area contributed by atoms with E-state index < -0.39 is 5.97 Å². The second-order valence-electron chi connectivity index (χ2n) is 3.62. The molecule has 0 spiro atoms. The molecule has 1 aromatic rings. The second kappa shape index (κ2) is 6.10. The maximum absolute atomic E-state index is 11.4. The highest BCUT2D eigenvalue weighted by atomic mass is 35.5. The predicted octanol–water partition coefficient (Wildman–Crippen LogP) is 3.78. The van der Waals surface area contributed by atoms with Gasteiger partial charge in [0.2, 0.25) is 0 Å². The topological polar surface area (TPSA) is 75.1 Å². The number of carbonyl (C=O) groups excluding carboxylic acids is 1. The van der Waals surface area contributed by atoms with Gasteiger partial charge in [-0.05, 0) is 42.1 Å². The van der Waals surface area contributed by atoms with Gasteiger partial charge in [0.1, 0.15) is 5.70 Å². The van der Waals surface area contributed by atoms with E-state index in [-0.39, 0.29) is 5.70 Å². The van der Waals surface area contributed by atoms with Crippen molar-refractivity contribution >= 4 is 23.6 Å². The number of azide groups is 1. The molecule has 0 saturated heterocycles. The molecule has 0 saturated carbocycles. The van der Waals surface area contributed by atoms with Crippen LogP contribution in [-0.2, 0) is 9.53 Å². The lowest BCUT2D eigenvalue weighted by atomic mass is 10.1. The third-order valence-corrected chi connectivity index (χ3v) is 3.03. The first-order chi connectivity index (χ1) is 8.51. The normalized spacial score (nSPS) is 10.8. The lowest BCUT2D eigenvalue weighted by Gasteiger charge is -2.06. The molecule has 6 heteroatoms. The first-order valence-electron chi connectivity index (χ1n) is 5.12. The van der Waals surface area contributed by atoms with Gasteiger partial charge in [-0.3, -0.25) is 0 Å². The quantitative estimate of drug-likeness (QED) is 0.274. The largest absolute Gasteiger partial charge is 0.466 e. The average Bonchev–Trinajstić information content (AvgIpc) is 2.37. The van der Waals surface area contributed by atoms with Gasteiger partial charge in [-0.15, -0.1) is 0 Å². The summed E-state index contributed by atoms with van der Waals surface area (Å²) in [5.74, 6) is -0.706. The Balaban J connectivity index is 3.33. The Morgan fingerprint density at radius 3 is 2.72 bits per heavy atom. The number of hydrogen-bond acceptors (Lipinski definition) is 3. The van der Waals surface area contributed by atoms with E-state index >= 15 is 0 Å². The van der Waals surface area contributed by atoms with Crippen LogP contribution < -0.4 is 0 Å². The van der Waals surface area contributed by atoms with E-state index in [2.05, 4.69) is 14.8 Å². The number of nitrogens with zero attached hydrogens (tertiary/aromatic N) is 3. The summed E-state index contributed by atoms with van der Waals surface area (Å²) in [5, 5.41) is 3.81. The van der Waals surface area contributed by atoms with Crippen LogP contribution >= 0.6 is 11.6 Å². The molecule has 18 heavy (non-hydrogen) atoms. The molecular formula is C12H12ClN3O2. The summed E-state index contributed by atoms with van der Waals surface area (Å²) in [6.45, 7) is 3.81. The molecule has 0 aliphatic carbocycles. The van der Waals surface area contributed by atoms with E-state index in [1.807, 2.05) is 19.9 Å². The van der Waals surface area contributed by atoms with E-state index in [1.54, 1.807) is 6.07 Å². The zero-order chi connectivity index (χ0) is 13.7. The van der Waals surface area contributed by atoms with Crippen molar-refractivity contribution in [3.63, 3.8) is 0 Å². The standard InChI is InChI=1S/C12H12ClN3O2/c1-7-4-5-9(11(13)8(7)2)6-10(15-16-14)12(17)18-3/h4-6H,1-3H3/b10-6-. The maximum Gasteiger partial charge on any atom is 0.340 e. The molecular weight excluding hydrogens is 254 g/mol. The van der Waals surface area contributed by atoms with Gasteiger partial charge >= 0.3 is 5.97 Å². The molecule has 0 N–H and O–H groups in total. The minimum Gasteiger partial charge on any atom is -0.466 e. The zero-order valence-corrected chi connectivity index (χ0v) is 11.0. The van der Waals surface area contributed by atoms with Crippen LogP contribution in [0.3, 0.4) is 0 Å². The number of benzene rings is 1. The summed E-state index contributed by atoms with van der Waals surface area (Å²) in [7, 11) is 1.21. The number of rotatable bonds is 3. The summed E-state index contributed by atoms with van der Waals surface area (Å²) in [5.41, 5.74) is 10.8. The molecule has 1 aromatic carbocycles. The molecule has 0 aromatic heterocycles. The Morgan fingerprint density at radius 2 is 2.17 bits per heavy atom. The van der Waals surface area contributed by atoms with Crippen molar-refractivity contribution in [1.82, 2.24) is 0 Å². The van der Waals surface area contributed by atoms with Crippen LogP contribution in [-0.4, -0.2) is 13.1 Å². The number of carbonyl (C=O) groups is 1. The molecule has 0 unspecified atom stereocenters. The Kier molecular flexibility index (Phi) is 4.77. The highest BCUT2D eigenvalue weighted by Crippen LogP contribution is 2.25. The van der Waals surface area contributed by atoms with Gasteiger partial charge in [0.05, 0.1) is 12.1 Å². The third kappa shape index (κ3) is 3.03. The average molecular weight is 266 g/mol. The molecule has 0 radical (unpaired) electrons. The van der Waals surface area contributed by atoms with Crippen molar-refractivity contribution in [3.8, 4) is 0 Å². The molecule has 0 bridgehead atoms. The summed E-state index contributed by atoms with van der Waals surface area (Å²) in [6, 6.07) is 3.62. The molecule has 0 aliphatic rings. The predicted molar refractivity (Wildman–Crippen MR) is 70.1 cm³/mol. The molecule has 5 nitrogen and oxygen atoms in total. The first-order valence-corrected chi connectivity index (χ1v) is 5.50. The van der Waals surface area contributed by atoms with E-state index in [0.29, 0.717) is 10.6 Å². The van der Waals surface area contributed by atoms with E-state index in [9.17, 15) is 4.79 Å². The second-order valence-corrected chi connectivity index (χ2v) is 4.00. The first kappa shape index (κ1) is 14.1. The fraction of sp³-hybridized carbons (Fsp3) is 0.250. The summed E-state index contributed by atoms with van der Waals surface area (Å²) in [4.78, 5) is 14.0. The minimum absolute atomic E-state index is 0.134. The SMILES string of the molecule is COC(=O)/C(=C/c1ccc(C)c(C)c1Cl)N=[N+]=[N-]. The highest BCUT2D eigenvalue weighted by molar-refractivity contribution is 6.33. The Labute approximate surface area is 110 Å². The molecule has 1 rings (SSSR count). The van der Waals surface area contributed by atoms with Crippen LogP contribution in [0.25, 0.3) is 16.5 Å². The van der Waals surface area contributed by atoms with Crippen molar-refractivity contribution < 1.29 is 9.53 Å². The highest BCUT2D eigenvalue weighted by Gasteiger charge is 2.10. The summed E-state index contributed by atoms with van der Waals surface area (Å²) >= 11 is 6.16. The van der Waals surface area contributed by atoms with Gasteiger partial charge in [-0.2, -0.15) is 0 Å². The molecule has 0 aliphatic heterocycles. The number of aryl methyl sites for hydroxylation is 1. The molecule has 0 fully saturated rings. The number of hydrogen-bond donors (Lipinski definition) is 0. The van der Waals surface area contributed by atoms with Crippen molar-refractivity contribution in [2.24, 2.45) is 5.11 Å². The van der Waals surface area contributed by atoms with Crippen LogP contribution in [0, 0.1) is 13.8 Å². The van der Waals surface area contributed by atoms with Gasteiger partial charge in [0.15, 0.2) is 0 Å². The third-order valence-electron chi connectivity index (χ3n) is 2.53. The summed E-state index contributed by atoms with van der Waals surface area (Å²) in [6.07, 6.45) is 1.40. The maximum atomic E-state index is 11.4. The van der Waals surface area contributed by atoms with E-state index in [4.69, 9.17) is 17.1 Å². The Morgan fingerprint density at radius 1 is 1.50 bits per heavy atom. The van der Waals surface area contributed by atoms with Gasteiger partial charge in [-0.1, -0.05) is 28.8 Å². The lowest BCUT2D eigenvalue weighted by Crippen LogP contribution is -2.02. The van der Waals surface area contributed by atoms with Crippen LogP contribution in [0.2, 0.25) is 5.02 Å². The van der Waals surface area contributed by atoms with Crippen molar-refractivity contribution in [1.29, 1.82) is 0 Å². The summed E-state index contributed by atoms with van der Waals surface area (Å²) < 4.78 is 4.52. The fourth-order valence-corrected chi connectivity index (χ4v) is 1.61. The number of esters is 1. The van der Waals surface area contributed by atoms with Crippen LogP contribution in [0.4, 0.5) is 0 Å². The van der Waals surface area contributed by atoms with Gasteiger partial charge in [-0.25, -0.2) is 4.79 Å². The van der Waals surface area contributed by atoms with Gasteiger partial charge in [0, 0.05) is 4.91 Å². The number of ether oxygens (including phenoxy) is 1. The van der Waals surface area contributed by atoms with Crippen LogP contribution in [0.1, 0.15) is 16.7 Å². The Bertz CT molecular complexity index is 561. The van der Waals surface area contributed by atoms with Crippen molar-refractivity contribution in [3.05, 3.63) is 50.0 Å². The van der Waals surface area contributed by atoms with Crippen molar-refractivity contribution in [2.45, 2.75) is 13.8 Å². The van der Waals surface area contributed by atoms with E-state index in [0.717, 1.165) is 11.1 Å². The smallest absolute Gasteiger partial charge is 0.340 e. The number of halogens is 1. The zero-order valence-electron chi connectivity index (χ0n) is 10.3. The van der Waals surface area contributed by atoms with Gasteiger partial charge in [0.25, 0.3) is 0 Å². The van der Waals surface area contributed by atoms with Crippen LogP contribution in [0.15, 0.2) is 22.9 Å². The Hall–Kier alpha value is -1.97. The molecule has 0 atom stereocenters. The molecule has 0 heterocycles. The van der Waals surface area contributed by atoms with Gasteiger partial charge < -0.3 is 4.74 Å². The monoisotopic (exact) mass is 265 g/mol. The van der Waals surface area contributed by atoms with Crippen molar-refractivity contribution in [2.75, 3.05) is 7.11 Å². The van der Waals surface area contributed by atoms with E-state index in [1.165, 1.54) is 13.2 Å². The number of methoxy groups -OCH3 is 1. The van der Waals surface area contributed by atoms with Crippen LogP contribution in [0.5, 0.6) is 0 Å². The fourth-order valence-electron chi connectivity index (χ4n) is 1.34. The minimum atomic E-state index is -0.706.